The lowest BCUT2D eigenvalue weighted by Crippen LogP contribution is -2.30. The number of carbonyl (C=O) groups is 1. The van der Waals surface area contributed by atoms with Gasteiger partial charge in [0.25, 0.3) is 5.91 Å². The molecule has 0 bridgehead atoms. The lowest BCUT2D eigenvalue weighted by Gasteiger charge is -2.26. The van der Waals surface area contributed by atoms with Gasteiger partial charge in [-0.2, -0.15) is 0 Å². The Bertz CT molecular complexity index is 1080. The van der Waals surface area contributed by atoms with Crippen LogP contribution in [0.3, 0.4) is 0 Å². The quantitative estimate of drug-likeness (QED) is 0.530. The van der Waals surface area contributed by atoms with Crippen molar-refractivity contribution < 1.29 is 18.7 Å². The van der Waals surface area contributed by atoms with E-state index in [0.717, 1.165) is 46.2 Å². The van der Waals surface area contributed by atoms with Crippen LogP contribution < -0.4 is 9.47 Å². The summed E-state index contributed by atoms with van der Waals surface area (Å²) in [6.07, 6.45) is 2.40. The van der Waals surface area contributed by atoms with E-state index in [2.05, 4.69) is 4.98 Å². The summed E-state index contributed by atoms with van der Waals surface area (Å²) in [6.45, 7) is 2.57. The number of amides is 1. The highest BCUT2D eigenvalue weighted by Crippen LogP contribution is 2.40. The molecule has 1 atom stereocenters. The molecule has 1 fully saturated rings. The first kappa shape index (κ1) is 21.3. The SMILES string of the molecule is COc1ccc(C2CCCN2C(=O)c2sc(Cc3ccc(F)cc3)nc2C)c(OC)c1. The fourth-order valence-electron chi connectivity index (χ4n) is 4.06. The normalized spacial score (nSPS) is 15.9. The Labute approximate surface area is 185 Å². The molecule has 4 rings (SSSR count). The summed E-state index contributed by atoms with van der Waals surface area (Å²) in [5, 5.41) is 0.852. The number of ether oxygens (including phenoxy) is 2. The highest BCUT2D eigenvalue weighted by atomic mass is 32.1. The van der Waals surface area contributed by atoms with E-state index in [1.807, 2.05) is 30.0 Å². The number of thiazole rings is 1. The average Bonchev–Trinajstić information content (AvgIpc) is 3.41. The molecule has 0 spiro atoms. The molecular formula is C24H25FN2O3S. The Morgan fingerprint density at radius 3 is 2.68 bits per heavy atom. The number of methoxy groups -OCH3 is 2. The van der Waals surface area contributed by atoms with Gasteiger partial charge < -0.3 is 14.4 Å². The van der Waals surface area contributed by atoms with Gasteiger partial charge in [0.2, 0.25) is 0 Å². The van der Waals surface area contributed by atoms with Crippen LogP contribution in [0.4, 0.5) is 4.39 Å². The second-order valence-electron chi connectivity index (χ2n) is 7.59. The summed E-state index contributed by atoms with van der Waals surface area (Å²) >= 11 is 1.42. The topological polar surface area (TPSA) is 51.7 Å². The van der Waals surface area contributed by atoms with Crippen LogP contribution in [-0.4, -0.2) is 36.6 Å². The summed E-state index contributed by atoms with van der Waals surface area (Å²) in [7, 11) is 3.25. The van der Waals surface area contributed by atoms with Gasteiger partial charge in [-0.05, 0) is 49.6 Å². The van der Waals surface area contributed by atoms with Crippen molar-refractivity contribution >= 4 is 17.2 Å². The van der Waals surface area contributed by atoms with E-state index in [9.17, 15) is 9.18 Å². The van der Waals surface area contributed by atoms with Gasteiger partial charge >= 0.3 is 0 Å². The zero-order valence-electron chi connectivity index (χ0n) is 17.9. The number of likely N-dealkylation sites (tertiary alicyclic amines) is 1. The third-order valence-electron chi connectivity index (χ3n) is 5.62. The first-order valence-electron chi connectivity index (χ1n) is 10.2. The fraction of sp³-hybridized carbons (Fsp3) is 0.333. The maximum absolute atomic E-state index is 13.5. The van der Waals surface area contributed by atoms with Crippen molar-refractivity contribution in [1.29, 1.82) is 0 Å². The van der Waals surface area contributed by atoms with E-state index in [0.29, 0.717) is 17.8 Å². The lowest BCUT2D eigenvalue weighted by molar-refractivity contribution is 0.0738. The predicted molar refractivity (Wildman–Crippen MR) is 119 cm³/mol. The summed E-state index contributed by atoms with van der Waals surface area (Å²) in [6, 6.07) is 12.1. The monoisotopic (exact) mass is 440 g/mol. The maximum Gasteiger partial charge on any atom is 0.266 e. The summed E-state index contributed by atoms with van der Waals surface area (Å²) in [5.74, 6) is 1.19. The number of aromatic nitrogens is 1. The molecule has 3 aromatic rings. The second kappa shape index (κ2) is 9.06. The van der Waals surface area contributed by atoms with Crippen molar-refractivity contribution in [3.8, 4) is 11.5 Å². The zero-order chi connectivity index (χ0) is 22.0. The van der Waals surface area contributed by atoms with Crippen molar-refractivity contribution in [2.45, 2.75) is 32.2 Å². The van der Waals surface area contributed by atoms with E-state index < -0.39 is 0 Å². The van der Waals surface area contributed by atoms with Crippen molar-refractivity contribution in [2.24, 2.45) is 0 Å². The number of aryl methyl sites for hydroxylation is 1. The number of benzene rings is 2. The third-order valence-corrected chi connectivity index (χ3v) is 6.76. The molecule has 1 amide bonds. The van der Waals surface area contributed by atoms with Gasteiger partial charge in [0, 0.05) is 24.6 Å². The van der Waals surface area contributed by atoms with Crippen LogP contribution in [0, 0.1) is 12.7 Å². The van der Waals surface area contributed by atoms with E-state index in [4.69, 9.17) is 9.47 Å². The Hall–Kier alpha value is -2.93. The van der Waals surface area contributed by atoms with E-state index in [1.165, 1.54) is 23.5 Å². The molecule has 2 heterocycles. The summed E-state index contributed by atoms with van der Waals surface area (Å²) < 4.78 is 24.1. The molecule has 7 heteroatoms. The van der Waals surface area contributed by atoms with Crippen LogP contribution in [-0.2, 0) is 6.42 Å². The zero-order valence-corrected chi connectivity index (χ0v) is 18.7. The molecule has 0 aliphatic carbocycles. The molecule has 1 aliphatic rings. The van der Waals surface area contributed by atoms with Gasteiger partial charge in [-0.3, -0.25) is 4.79 Å². The summed E-state index contributed by atoms with van der Waals surface area (Å²) in [4.78, 5) is 20.7. The Balaban J connectivity index is 1.57. The Kier molecular flexibility index (Phi) is 6.23. The standard InChI is InChI=1S/C24H25FN2O3S/c1-15-23(31-22(26-15)13-16-6-8-17(25)9-7-16)24(28)27-12-4-5-20(27)19-11-10-18(29-2)14-21(19)30-3/h6-11,14,20H,4-5,12-13H2,1-3H3. The van der Waals surface area contributed by atoms with Crippen LogP contribution >= 0.6 is 11.3 Å². The van der Waals surface area contributed by atoms with E-state index in [1.54, 1.807) is 26.4 Å². The van der Waals surface area contributed by atoms with Crippen molar-refractivity contribution in [2.75, 3.05) is 20.8 Å². The van der Waals surface area contributed by atoms with Crippen LogP contribution in [0.2, 0.25) is 0 Å². The molecule has 2 aromatic carbocycles. The fourth-order valence-corrected chi connectivity index (χ4v) is 5.12. The molecule has 0 N–H and O–H groups in total. The second-order valence-corrected chi connectivity index (χ2v) is 8.67. The third kappa shape index (κ3) is 4.42. The lowest BCUT2D eigenvalue weighted by atomic mass is 10.0. The van der Waals surface area contributed by atoms with Gasteiger partial charge in [-0.1, -0.05) is 12.1 Å². The molecule has 1 aromatic heterocycles. The summed E-state index contributed by atoms with van der Waals surface area (Å²) in [5.41, 5.74) is 2.69. The molecule has 0 radical (unpaired) electrons. The number of rotatable bonds is 6. The van der Waals surface area contributed by atoms with Gasteiger partial charge in [0.05, 0.1) is 31.0 Å². The average molecular weight is 441 g/mol. The number of carbonyl (C=O) groups excluding carboxylic acids is 1. The number of hydrogen-bond donors (Lipinski definition) is 0. The number of nitrogens with zero attached hydrogens (tertiary/aromatic N) is 2. The van der Waals surface area contributed by atoms with Gasteiger partial charge in [-0.25, -0.2) is 9.37 Å². The smallest absolute Gasteiger partial charge is 0.266 e. The largest absolute Gasteiger partial charge is 0.497 e. The van der Waals surface area contributed by atoms with Crippen LogP contribution in [0.15, 0.2) is 42.5 Å². The predicted octanol–water partition coefficient (Wildman–Crippen LogP) is 5.18. The first-order valence-corrected chi connectivity index (χ1v) is 11.1. The van der Waals surface area contributed by atoms with Crippen molar-refractivity contribution in [1.82, 2.24) is 9.88 Å². The molecule has 162 valence electrons. The molecule has 0 saturated carbocycles. The Morgan fingerprint density at radius 2 is 1.97 bits per heavy atom. The number of halogens is 1. The molecule has 5 nitrogen and oxygen atoms in total. The van der Waals surface area contributed by atoms with Crippen molar-refractivity contribution in [3.63, 3.8) is 0 Å². The molecular weight excluding hydrogens is 415 g/mol. The van der Waals surface area contributed by atoms with Gasteiger partial charge in [0.15, 0.2) is 0 Å². The Morgan fingerprint density at radius 1 is 1.19 bits per heavy atom. The van der Waals surface area contributed by atoms with Crippen LogP contribution in [0.25, 0.3) is 0 Å². The molecule has 1 aliphatic heterocycles. The van der Waals surface area contributed by atoms with E-state index in [-0.39, 0.29) is 17.8 Å². The van der Waals surface area contributed by atoms with Crippen LogP contribution in [0.1, 0.15) is 50.4 Å². The number of hydrogen-bond acceptors (Lipinski definition) is 5. The highest BCUT2D eigenvalue weighted by molar-refractivity contribution is 7.13. The van der Waals surface area contributed by atoms with Crippen LogP contribution in [0.5, 0.6) is 11.5 Å². The minimum atomic E-state index is -0.260. The van der Waals surface area contributed by atoms with Gasteiger partial charge in [0.1, 0.15) is 22.2 Å². The molecule has 1 unspecified atom stereocenters. The minimum absolute atomic E-state index is 0.000673. The maximum atomic E-state index is 13.5. The minimum Gasteiger partial charge on any atom is -0.497 e. The molecule has 1 saturated heterocycles. The van der Waals surface area contributed by atoms with Crippen molar-refractivity contribution in [3.05, 3.63) is 75.0 Å². The highest BCUT2D eigenvalue weighted by Gasteiger charge is 2.34. The van der Waals surface area contributed by atoms with Gasteiger partial charge in [-0.15, -0.1) is 11.3 Å². The van der Waals surface area contributed by atoms with E-state index >= 15 is 0 Å². The molecule has 31 heavy (non-hydrogen) atoms. The first-order chi connectivity index (χ1) is 15.0.